The van der Waals surface area contributed by atoms with Gasteiger partial charge in [-0.05, 0) is 36.1 Å². The minimum atomic E-state index is -0.243. The highest BCUT2D eigenvalue weighted by Gasteiger charge is 2.17. The van der Waals surface area contributed by atoms with Crippen LogP contribution in [0.1, 0.15) is 31.4 Å². The summed E-state index contributed by atoms with van der Waals surface area (Å²) in [5, 5.41) is 12.5. The Bertz CT molecular complexity index is 925. The number of nitrogens with zero attached hydrogens (tertiary/aromatic N) is 2. The minimum Gasteiger partial charge on any atom is -0.376 e. The number of fused-ring (bicyclic) bond motifs is 1. The van der Waals surface area contributed by atoms with Crippen molar-refractivity contribution in [3.05, 3.63) is 60.4 Å². The van der Waals surface area contributed by atoms with Crippen LogP contribution < -0.4 is 10.6 Å². The van der Waals surface area contributed by atoms with Gasteiger partial charge in [-0.2, -0.15) is 5.10 Å². The molecule has 0 spiro atoms. The number of carbonyl (C=O) groups is 1. The molecule has 0 aliphatic carbocycles. The van der Waals surface area contributed by atoms with Crippen LogP contribution in [-0.2, 0) is 11.3 Å². The number of carbonyl (C=O) groups excluding carboxylic acids is 1. The third-order valence-electron chi connectivity index (χ3n) is 4.94. The smallest absolute Gasteiger partial charge is 0.319 e. The van der Waals surface area contributed by atoms with Crippen molar-refractivity contribution >= 4 is 22.5 Å². The fraction of sp³-hybridized carbons (Fsp3) is 0.333. The van der Waals surface area contributed by atoms with Gasteiger partial charge in [-0.15, -0.1) is 0 Å². The summed E-state index contributed by atoms with van der Waals surface area (Å²) in [5.41, 5.74) is 1.77. The van der Waals surface area contributed by atoms with Gasteiger partial charge in [0.05, 0.1) is 30.6 Å². The molecule has 27 heavy (non-hydrogen) atoms. The highest BCUT2D eigenvalue weighted by molar-refractivity contribution is 5.90. The summed E-state index contributed by atoms with van der Waals surface area (Å²) in [7, 11) is 0. The van der Waals surface area contributed by atoms with Crippen molar-refractivity contribution < 1.29 is 9.53 Å². The Balaban J connectivity index is 1.38. The van der Waals surface area contributed by atoms with E-state index in [1.54, 1.807) is 6.20 Å². The molecule has 0 bridgehead atoms. The van der Waals surface area contributed by atoms with Gasteiger partial charge in [-0.1, -0.05) is 42.5 Å². The lowest BCUT2D eigenvalue weighted by Crippen LogP contribution is -2.31. The fourth-order valence-electron chi connectivity index (χ4n) is 3.59. The second-order valence-electron chi connectivity index (χ2n) is 6.97. The van der Waals surface area contributed by atoms with E-state index >= 15 is 0 Å². The maximum absolute atomic E-state index is 12.4. The maximum Gasteiger partial charge on any atom is 0.319 e. The summed E-state index contributed by atoms with van der Waals surface area (Å²) in [6.45, 7) is 3.53. The number of benzene rings is 2. The Labute approximate surface area is 158 Å². The van der Waals surface area contributed by atoms with Gasteiger partial charge in [0.1, 0.15) is 0 Å². The third-order valence-corrected chi connectivity index (χ3v) is 4.94. The van der Waals surface area contributed by atoms with E-state index in [-0.39, 0.29) is 18.2 Å². The molecule has 1 fully saturated rings. The summed E-state index contributed by atoms with van der Waals surface area (Å²) in [5.74, 6) is 0. The molecule has 1 aromatic heterocycles. The van der Waals surface area contributed by atoms with Gasteiger partial charge in [-0.25, -0.2) is 4.79 Å². The Kier molecular flexibility index (Phi) is 5.07. The molecule has 2 aromatic carbocycles. The number of urea groups is 1. The number of hydrogen-bond donors (Lipinski definition) is 2. The second kappa shape index (κ2) is 7.80. The quantitative estimate of drug-likeness (QED) is 0.716. The highest BCUT2D eigenvalue weighted by Crippen LogP contribution is 2.24. The van der Waals surface area contributed by atoms with Crippen molar-refractivity contribution in [3.63, 3.8) is 0 Å². The summed E-state index contributed by atoms with van der Waals surface area (Å²) < 4.78 is 7.44. The van der Waals surface area contributed by atoms with Gasteiger partial charge >= 0.3 is 6.03 Å². The zero-order valence-corrected chi connectivity index (χ0v) is 15.4. The first-order valence-corrected chi connectivity index (χ1v) is 9.38. The van der Waals surface area contributed by atoms with E-state index in [0.29, 0.717) is 5.69 Å². The van der Waals surface area contributed by atoms with Crippen LogP contribution in [0, 0.1) is 0 Å². The number of rotatable bonds is 5. The van der Waals surface area contributed by atoms with Gasteiger partial charge < -0.3 is 15.4 Å². The molecule has 0 saturated carbocycles. The van der Waals surface area contributed by atoms with Crippen LogP contribution in [0.5, 0.6) is 0 Å². The summed E-state index contributed by atoms with van der Waals surface area (Å²) >= 11 is 0. The second-order valence-corrected chi connectivity index (χ2v) is 6.97. The monoisotopic (exact) mass is 364 g/mol. The van der Waals surface area contributed by atoms with Crippen molar-refractivity contribution in [1.29, 1.82) is 0 Å². The molecular weight excluding hydrogens is 340 g/mol. The number of amides is 2. The Morgan fingerprint density at radius 1 is 1.30 bits per heavy atom. The van der Waals surface area contributed by atoms with E-state index in [1.165, 1.54) is 5.39 Å². The van der Waals surface area contributed by atoms with Crippen molar-refractivity contribution in [1.82, 2.24) is 15.1 Å². The van der Waals surface area contributed by atoms with Crippen LogP contribution >= 0.6 is 0 Å². The molecule has 1 saturated heterocycles. The van der Waals surface area contributed by atoms with Crippen molar-refractivity contribution in [3.8, 4) is 0 Å². The Morgan fingerprint density at radius 2 is 2.15 bits per heavy atom. The maximum atomic E-state index is 12.4. The normalized spacial score (nSPS) is 17.7. The predicted octanol–water partition coefficient (Wildman–Crippen LogP) is 4.10. The number of nitrogens with one attached hydrogen (secondary N) is 2. The molecule has 6 nitrogen and oxygen atoms in total. The summed E-state index contributed by atoms with van der Waals surface area (Å²) in [6, 6.07) is 14.0. The van der Waals surface area contributed by atoms with Gasteiger partial charge in [-0.3, -0.25) is 4.68 Å². The molecule has 1 aliphatic heterocycles. The van der Waals surface area contributed by atoms with Crippen molar-refractivity contribution in [2.45, 2.75) is 38.5 Å². The topological polar surface area (TPSA) is 68.2 Å². The lowest BCUT2D eigenvalue weighted by molar-refractivity contribution is 0.0940. The van der Waals surface area contributed by atoms with Crippen LogP contribution in [0.3, 0.4) is 0 Å². The number of aromatic nitrogens is 2. The SMILES string of the molecule is CC(NC(=O)Nc1cnn(CC2CCCO2)c1)c1cccc2ccccc12. The molecular formula is C21H24N4O2. The lowest BCUT2D eigenvalue weighted by atomic mass is 10.00. The Morgan fingerprint density at radius 3 is 3.00 bits per heavy atom. The third kappa shape index (κ3) is 4.11. The molecule has 140 valence electrons. The van der Waals surface area contributed by atoms with Crippen LogP contribution in [0.15, 0.2) is 54.9 Å². The van der Waals surface area contributed by atoms with E-state index < -0.39 is 0 Å². The molecule has 0 radical (unpaired) electrons. The van der Waals surface area contributed by atoms with E-state index in [9.17, 15) is 4.79 Å². The first-order chi connectivity index (χ1) is 13.2. The van der Waals surface area contributed by atoms with Gasteiger partial charge in [0.25, 0.3) is 0 Å². The molecule has 2 heterocycles. The molecule has 4 rings (SSSR count). The molecule has 3 aromatic rings. The van der Waals surface area contributed by atoms with Crippen LogP contribution in [0.2, 0.25) is 0 Å². The minimum absolute atomic E-state index is 0.113. The van der Waals surface area contributed by atoms with E-state index in [0.717, 1.165) is 36.9 Å². The number of ether oxygens (including phenoxy) is 1. The van der Waals surface area contributed by atoms with Gasteiger partial charge in [0.15, 0.2) is 0 Å². The number of anilines is 1. The average Bonchev–Trinajstić information content (AvgIpc) is 3.33. The molecule has 6 heteroatoms. The van der Waals surface area contributed by atoms with Crippen molar-refractivity contribution in [2.24, 2.45) is 0 Å². The van der Waals surface area contributed by atoms with Crippen molar-refractivity contribution in [2.75, 3.05) is 11.9 Å². The molecule has 2 N–H and O–H groups in total. The van der Waals surface area contributed by atoms with Crippen LogP contribution in [0.4, 0.5) is 10.5 Å². The average molecular weight is 364 g/mol. The molecule has 2 amide bonds. The Hall–Kier alpha value is -2.86. The van der Waals surface area contributed by atoms with Gasteiger partial charge in [0, 0.05) is 12.8 Å². The first kappa shape index (κ1) is 17.5. The van der Waals surface area contributed by atoms with Gasteiger partial charge in [0.2, 0.25) is 0 Å². The molecule has 2 atom stereocenters. The fourth-order valence-corrected chi connectivity index (χ4v) is 3.59. The predicted molar refractivity (Wildman–Crippen MR) is 106 cm³/mol. The van der Waals surface area contributed by atoms with E-state index in [1.807, 2.05) is 42.1 Å². The zero-order valence-electron chi connectivity index (χ0n) is 15.4. The van der Waals surface area contributed by atoms with E-state index in [4.69, 9.17) is 4.74 Å². The van der Waals surface area contributed by atoms with E-state index in [2.05, 4.69) is 33.9 Å². The standard InChI is InChI=1S/C21H24N4O2/c1-15(19-10-4-7-16-6-2-3-9-20(16)19)23-21(26)24-17-12-22-25(13-17)14-18-8-5-11-27-18/h2-4,6-7,9-10,12-13,15,18H,5,8,11,14H2,1H3,(H2,23,24,26). The largest absolute Gasteiger partial charge is 0.376 e. The summed E-state index contributed by atoms with van der Waals surface area (Å²) in [4.78, 5) is 12.4. The zero-order chi connectivity index (χ0) is 18.6. The highest BCUT2D eigenvalue weighted by atomic mass is 16.5. The van der Waals surface area contributed by atoms with Crippen LogP contribution in [0.25, 0.3) is 10.8 Å². The number of hydrogen-bond acceptors (Lipinski definition) is 3. The molecule has 2 unspecified atom stereocenters. The molecule has 1 aliphatic rings. The van der Waals surface area contributed by atoms with Crippen LogP contribution in [-0.4, -0.2) is 28.5 Å². The lowest BCUT2D eigenvalue weighted by Gasteiger charge is -2.16. The first-order valence-electron chi connectivity index (χ1n) is 9.38. The summed E-state index contributed by atoms with van der Waals surface area (Å²) in [6.07, 6.45) is 5.89.